The van der Waals surface area contributed by atoms with Gasteiger partial charge in [0.25, 0.3) is 0 Å². The van der Waals surface area contributed by atoms with Crippen molar-refractivity contribution in [2.24, 2.45) is 0 Å². The third-order valence-electron chi connectivity index (χ3n) is 2.36. The lowest BCUT2D eigenvalue weighted by Gasteiger charge is -2.09. The highest BCUT2D eigenvalue weighted by atomic mass is 32.2. The average molecular weight is 286 g/mol. The molecule has 0 amide bonds. The van der Waals surface area contributed by atoms with Crippen molar-refractivity contribution < 1.29 is 8.42 Å². The highest BCUT2D eigenvalue weighted by molar-refractivity contribution is 7.88. The lowest BCUT2D eigenvalue weighted by molar-refractivity contribution is 0.586. The van der Waals surface area contributed by atoms with Gasteiger partial charge in [0.05, 0.1) is 30.0 Å². The summed E-state index contributed by atoms with van der Waals surface area (Å²) in [6, 6.07) is 1.99. The van der Waals surface area contributed by atoms with Gasteiger partial charge in [0.2, 0.25) is 10.0 Å². The van der Waals surface area contributed by atoms with Gasteiger partial charge >= 0.3 is 0 Å². The van der Waals surface area contributed by atoms with Crippen LogP contribution in [0.25, 0.3) is 0 Å². The Labute approximate surface area is 115 Å². The molecule has 0 aliphatic rings. The molecule has 0 unspecified atom stereocenters. The average Bonchev–Trinajstić information content (AvgIpc) is 2.35. The van der Waals surface area contributed by atoms with Gasteiger partial charge in [-0.15, -0.1) is 0 Å². The first-order valence-corrected chi connectivity index (χ1v) is 8.28. The second-order valence-corrected chi connectivity index (χ2v) is 6.17. The lowest BCUT2D eigenvalue weighted by Crippen LogP contribution is -2.24. The standard InChI is InChI=1S/C12H22N4O2S/c1-3-5-14-11-8-12(10-13-9-11)15-6-4-7-16-19(2,17)18/h8-10,14-16H,3-7H2,1-2H3. The molecule has 6 nitrogen and oxygen atoms in total. The fraction of sp³-hybridized carbons (Fsp3) is 0.583. The molecule has 0 radical (unpaired) electrons. The first-order valence-electron chi connectivity index (χ1n) is 6.38. The van der Waals surface area contributed by atoms with Crippen LogP contribution in [0.15, 0.2) is 18.5 Å². The Balaban J connectivity index is 2.29. The number of nitrogens with zero attached hydrogens (tertiary/aromatic N) is 1. The largest absolute Gasteiger partial charge is 0.384 e. The van der Waals surface area contributed by atoms with Crippen molar-refractivity contribution in [3.63, 3.8) is 0 Å². The minimum atomic E-state index is -3.09. The van der Waals surface area contributed by atoms with Gasteiger partial charge in [0.1, 0.15) is 0 Å². The van der Waals surface area contributed by atoms with Gasteiger partial charge in [-0.05, 0) is 18.9 Å². The van der Waals surface area contributed by atoms with E-state index in [4.69, 9.17) is 0 Å². The molecule has 3 N–H and O–H groups in total. The minimum absolute atomic E-state index is 0.438. The molecule has 19 heavy (non-hydrogen) atoms. The van der Waals surface area contributed by atoms with Crippen LogP contribution in [0.3, 0.4) is 0 Å². The topological polar surface area (TPSA) is 83.1 Å². The maximum atomic E-state index is 10.9. The van der Waals surface area contributed by atoms with Gasteiger partial charge in [-0.3, -0.25) is 4.98 Å². The molecular formula is C12H22N4O2S. The van der Waals surface area contributed by atoms with Crippen molar-refractivity contribution in [1.82, 2.24) is 9.71 Å². The molecule has 0 aliphatic heterocycles. The molecule has 1 rings (SSSR count). The van der Waals surface area contributed by atoms with E-state index in [-0.39, 0.29) is 0 Å². The molecule has 0 saturated heterocycles. The van der Waals surface area contributed by atoms with Crippen molar-refractivity contribution in [3.8, 4) is 0 Å². The monoisotopic (exact) mass is 286 g/mol. The van der Waals surface area contributed by atoms with E-state index in [0.29, 0.717) is 13.1 Å². The van der Waals surface area contributed by atoms with Crippen LogP contribution in [-0.2, 0) is 10.0 Å². The summed E-state index contributed by atoms with van der Waals surface area (Å²) in [5, 5.41) is 6.47. The number of aromatic nitrogens is 1. The zero-order chi connectivity index (χ0) is 14.1. The Hall–Kier alpha value is -1.34. The fourth-order valence-corrected chi connectivity index (χ4v) is 2.00. The van der Waals surface area contributed by atoms with E-state index in [0.717, 1.165) is 37.0 Å². The summed E-state index contributed by atoms with van der Waals surface area (Å²) < 4.78 is 24.2. The van der Waals surface area contributed by atoms with Crippen molar-refractivity contribution in [3.05, 3.63) is 18.5 Å². The van der Waals surface area contributed by atoms with Gasteiger partial charge in [-0.2, -0.15) is 0 Å². The number of anilines is 2. The maximum Gasteiger partial charge on any atom is 0.208 e. The minimum Gasteiger partial charge on any atom is -0.384 e. The summed E-state index contributed by atoms with van der Waals surface area (Å²) in [6.07, 6.45) is 6.48. The van der Waals surface area contributed by atoms with Crippen LogP contribution < -0.4 is 15.4 Å². The van der Waals surface area contributed by atoms with Crippen molar-refractivity contribution in [2.75, 3.05) is 36.5 Å². The van der Waals surface area contributed by atoms with Crippen molar-refractivity contribution >= 4 is 21.4 Å². The number of pyridine rings is 1. The summed E-state index contributed by atoms with van der Waals surface area (Å²) in [5.41, 5.74) is 1.92. The number of sulfonamides is 1. The lowest BCUT2D eigenvalue weighted by atomic mass is 10.3. The second-order valence-electron chi connectivity index (χ2n) is 4.34. The van der Waals surface area contributed by atoms with Crippen molar-refractivity contribution in [2.45, 2.75) is 19.8 Å². The molecule has 0 bridgehead atoms. The molecule has 0 aromatic carbocycles. The second kappa shape index (κ2) is 7.96. The normalized spacial score (nSPS) is 11.3. The quantitative estimate of drug-likeness (QED) is 0.595. The predicted molar refractivity (Wildman–Crippen MR) is 79.0 cm³/mol. The molecule has 0 spiro atoms. The predicted octanol–water partition coefficient (Wildman–Crippen LogP) is 1.25. The van der Waals surface area contributed by atoms with Crippen LogP contribution >= 0.6 is 0 Å². The third-order valence-corrected chi connectivity index (χ3v) is 3.09. The van der Waals surface area contributed by atoms with Crippen molar-refractivity contribution in [1.29, 1.82) is 0 Å². The summed E-state index contributed by atoms with van der Waals surface area (Å²) in [7, 11) is -3.09. The highest BCUT2D eigenvalue weighted by Gasteiger charge is 1.99. The summed E-state index contributed by atoms with van der Waals surface area (Å²) in [4.78, 5) is 4.14. The van der Waals surface area contributed by atoms with Crippen LogP contribution in [0.2, 0.25) is 0 Å². The molecule has 0 fully saturated rings. The van der Waals surface area contributed by atoms with Crippen LogP contribution in [-0.4, -0.2) is 39.3 Å². The Morgan fingerprint density at radius 3 is 2.32 bits per heavy atom. The molecular weight excluding hydrogens is 264 g/mol. The Morgan fingerprint density at radius 1 is 1.11 bits per heavy atom. The molecule has 1 heterocycles. The van der Waals surface area contributed by atoms with Gasteiger partial charge in [-0.1, -0.05) is 6.92 Å². The Bertz CT molecular complexity index is 476. The number of hydrogen-bond acceptors (Lipinski definition) is 5. The summed E-state index contributed by atoms with van der Waals surface area (Å²) in [6.45, 7) is 4.16. The fourth-order valence-electron chi connectivity index (χ4n) is 1.48. The molecule has 7 heteroatoms. The SMILES string of the molecule is CCCNc1cncc(NCCCNS(C)(=O)=O)c1. The molecule has 0 atom stereocenters. The maximum absolute atomic E-state index is 10.9. The van der Waals surface area contributed by atoms with E-state index in [2.05, 4.69) is 27.3 Å². The highest BCUT2D eigenvalue weighted by Crippen LogP contribution is 2.12. The molecule has 0 saturated carbocycles. The number of hydrogen-bond donors (Lipinski definition) is 3. The van der Waals surface area contributed by atoms with Crippen LogP contribution in [0.1, 0.15) is 19.8 Å². The summed E-state index contributed by atoms with van der Waals surface area (Å²) in [5.74, 6) is 0. The third kappa shape index (κ3) is 7.63. The zero-order valence-corrected chi connectivity index (χ0v) is 12.3. The number of nitrogens with one attached hydrogen (secondary N) is 3. The van der Waals surface area contributed by atoms with Crippen LogP contribution in [0.4, 0.5) is 11.4 Å². The summed E-state index contributed by atoms with van der Waals surface area (Å²) >= 11 is 0. The number of rotatable bonds is 9. The molecule has 1 aromatic rings. The van der Waals surface area contributed by atoms with Crippen LogP contribution in [0, 0.1) is 0 Å². The van der Waals surface area contributed by atoms with E-state index >= 15 is 0 Å². The Morgan fingerprint density at radius 2 is 1.74 bits per heavy atom. The van der Waals surface area contributed by atoms with Gasteiger partial charge < -0.3 is 10.6 Å². The Kier molecular flexibility index (Phi) is 6.58. The van der Waals surface area contributed by atoms with E-state index in [1.54, 1.807) is 12.4 Å². The van der Waals surface area contributed by atoms with E-state index in [1.165, 1.54) is 0 Å². The first kappa shape index (κ1) is 15.7. The van der Waals surface area contributed by atoms with E-state index < -0.39 is 10.0 Å². The van der Waals surface area contributed by atoms with E-state index in [9.17, 15) is 8.42 Å². The smallest absolute Gasteiger partial charge is 0.208 e. The molecule has 0 aliphatic carbocycles. The van der Waals surface area contributed by atoms with E-state index in [1.807, 2.05) is 6.07 Å². The van der Waals surface area contributed by atoms with Gasteiger partial charge in [0, 0.05) is 19.6 Å². The molecule has 108 valence electrons. The zero-order valence-electron chi connectivity index (χ0n) is 11.4. The van der Waals surface area contributed by atoms with Gasteiger partial charge in [-0.25, -0.2) is 13.1 Å². The molecule has 1 aromatic heterocycles. The first-order chi connectivity index (χ1) is 9.01. The van der Waals surface area contributed by atoms with Crippen LogP contribution in [0.5, 0.6) is 0 Å². The van der Waals surface area contributed by atoms with Gasteiger partial charge in [0.15, 0.2) is 0 Å².